The largest absolute Gasteiger partial charge is 0.502 e. The van der Waals surface area contributed by atoms with Crippen LogP contribution in [0, 0.1) is 5.82 Å². The molecule has 1 unspecified atom stereocenters. The fourth-order valence-electron chi connectivity index (χ4n) is 1.45. The minimum Gasteiger partial charge on any atom is -0.502 e. The number of hydrogen-bond acceptors (Lipinski definition) is 4. The van der Waals surface area contributed by atoms with E-state index >= 15 is 0 Å². The maximum Gasteiger partial charge on any atom is 0.374 e. The van der Waals surface area contributed by atoms with Crippen LogP contribution in [0.3, 0.4) is 0 Å². The Labute approximate surface area is 90.9 Å². The first kappa shape index (κ1) is 10.5. The molecule has 4 nitrogen and oxygen atoms in total. The predicted molar refractivity (Wildman–Crippen MR) is 52.5 cm³/mol. The third-order valence-electron chi connectivity index (χ3n) is 2.26. The minimum atomic E-state index is -0.804. The Morgan fingerprint density at radius 1 is 1.50 bits per heavy atom. The molecule has 5 heteroatoms. The molecule has 0 saturated heterocycles. The van der Waals surface area contributed by atoms with Crippen LogP contribution in [0.25, 0.3) is 0 Å². The molecule has 0 amide bonds. The van der Waals surface area contributed by atoms with Crippen LogP contribution in [0.1, 0.15) is 11.7 Å². The Hall–Kier alpha value is -2.04. The summed E-state index contributed by atoms with van der Waals surface area (Å²) in [5.74, 6) is -1.69. The number of carbonyl (C=O) groups excluding carboxylic acids is 1. The van der Waals surface area contributed by atoms with Gasteiger partial charge in [-0.1, -0.05) is 6.07 Å². The minimum absolute atomic E-state index is 0.112. The first-order valence-corrected chi connectivity index (χ1v) is 4.57. The quantitative estimate of drug-likeness (QED) is 0.779. The smallest absolute Gasteiger partial charge is 0.374 e. The second-order valence-corrected chi connectivity index (χ2v) is 3.27. The summed E-state index contributed by atoms with van der Waals surface area (Å²) >= 11 is 0. The van der Waals surface area contributed by atoms with Crippen molar-refractivity contribution in [1.82, 2.24) is 0 Å². The third kappa shape index (κ3) is 1.71. The molecule has 1 N–H and O–H groups in total. The Morgan fingerprint density at radius 2 is 2.25 bits per heavy atom. The van der Waals surface area contributed by atoms with E-state index < -0.39 is 23.6 Å². The molecule has 1 aromatic rings. The van der Waals surface area contributed by atoms with Crippen LogP contribution < -0.4 is 4.74 Å². The molecular formula is C11H9FO4. The third-order valence-corrected chi connectivity index (χ3v) is 2.26. The zero-order valence-electron chi connectivity index (χ0n) is 8.44. The van der Waals surface area contributed by atoms with Gasteiger partial charge in [0.25, 0.3) is 0 Å². The van der Waals surface area contributed by atoms with Gasteiger partial charge >= 0.3 is 5.97 Å². The summed E-state index contributed by atoms with van der Waals surface area (Å²) in [5.41, 5.74) is 0.440. The molecule has 0 aliphatic carbocycles. The lowest BCUT2D eigenvalue weighted by atomic mass is 10.1. The normalized spacial score (nSPS) is 19.2. The van der Waals surface area contributed by atoms with Crippen LogP contribution >= 0.6 is 0 Å². The summed E-state index contributed by atoms with van der Waals surface area (Å²) < 4.78 is 22.9. The van der Waals surface area contributed by atoms with E-state index in [0.29, 0.717) is 5.56 Å². The monoisotopic (exact) mass is 224 g/mol. The van der Waals surface area contributed by atoms with Crippen LogP contribution in [-0.4, -0.2) is 18.2 Å². The van der Waals surface area contributed by atoms with Crippen molar-refractivity contribution in [2.45, 2.75) is 6.10 Å². The Balaban J connectivity index is 2.30. The van der Waals surface area contributed by atoms with E-state index in [9.17, 15) is 9.18 Å². The molecule has 84 valence electrons. The number of halogens is 1. The highest BCUT2D eigenvalue weighted by Crippen LogP contribution is 2.29. The number of methoxy groups -OCH3 is 1. The average Bonchev–Trinajstić information content (AvgIpc) is 2.59. The number of esters is 1. The van der Waals surface area contributed by atoms with Crippen LogP contribution in [0.2, 0.25) is 0 Å². The van der Waals surface area contributed by atoms with Crippen molar-refractivity contribution in [3.63, 3.8) is 0 Å². The van der Waals surface area contributed by atoms with Crippen molar-refractivity contribution < 1.29 is 23.8 Å². The van der Waals surface area contributed by atoms with Crippen molar-refractivity contribution in [2.24, 2.45) is 0 Å². The lowest BCUT2D eigenvalue weighted by Crippen LogP contribution is -2.02. The van der Waals surface area contributed by atoms with Gasteiger partial charge in [-0.15, -0.1) is 0 Å². The summed E-state index contributed by atoms with van der Waals surface area (Å²) in [6.07, 6.45) is 0.483. The van der Waals surface area contributed by atoms with Crippen LogP contribution in [-0.2, 0) is 9.53 Å². The number of cyclic esters (lactones) is 1. The summed E-state index contributed by atoms with van der Waals surface area (Å²) in [6.45, 7) is 0. The standard InChI is InChI=1S/C11H9FO4/c1-15-9-3-2-6(4-7(9)12)10-5-8(13)11(14)16-10/h2-5,10,13H,1H3. The molecule has 0 bridgehead atoms. The number of ether oxygens (including phenoxy) is 2. The zero-order valence-corrected chi connectivity index (χ0v) is 8.44. The van der Waals surface area contributed by atoms with Crippen molar-refractivity contribution in [3.8, 4) is 5.75 Å². The summed E-state index contributed by atoms with van der Waals surface area (Å²) in [5, 5.41) is 9.07. The van der Waals surface area contributed by atoms with Gasteiger partial charge in [-0.2, -0.15) is 0 Å². The van der Waals surface area contributed by atoms with E-state index in [4.69, 9.17) is 14.6 Å². The van der Waals surface area contributed by atoms with Gasteiger partial charge in [-0.05, 0) is 17.7 Å². The molecule has 0 fully saturated rings. The second-order valence-electron chi connectivity index (χ2n) is 3.27. The fourth-order valence-corrected chi connectivity index (χ4v) is 1.45. The predicted octanol–water partition coefficient (Wildman–Crippen LogP) is 1.87. The SMILES string of the molecule is COc1ccc(C2C=C(O)C(=O)O2)cc1F. The van der Waals surface area contributed by atoms with Crippen LogP contribution in [0.5, 0.6) is 5.75 Å². The number of carbonyl (C=O) groups is 1. The van der Waals surface area contributed by atoms with Gasteiger partial charge in [-0.3, -0.25) is 0 Å². The van der Waals surface area contributed by atoms with Crippen molar-refractivity contribution in [1.29, 1.82) is 0 Å². The van der Waals surface area contributed by atoms with Crippen molar-refractivity contribution in [2.75, 3.05) is 7.11 Å². The first-order valence-electron chi connectivity index (χ1n) is 4.57. The molecule has 0 spiro atoms. The van der Waals surface area contributed by atoms with Crippen LogP contribution in [0.4, 0.5) is 4.39 Å². The fraction of sp³-hybridized carbons (Fsp3) is 0.182. The Bertz CT molecular complexity index is 467. The number of rotatable bonds is 2. The molecular weight excluding hydrogens is 215 g/mol. The van der Waals surface area contributed by atoms with Crippen molar-refractivity contribution >= 4 is 5.97 Å². The topological polar surface area (TPSA) is 55.8 Å². The maximum absolute atomic E-state index is 13.3. The van der Waals surface area contributed by atoms with Gasteiger partial charge in [-0.25, -0.2) is 9.18 Å². The van der Waals surface area contributed by atoms with Gasteiger partial charge in [0.1, 0.15) is 6.10 Å². The van der Waals surface area contributed by atoms with Gasteiger partial charge in [0, 0.05) is 6.08 Å². The second kappa shape index (κ2) is 3.84. The lowest BCUT2D eigenvalue weighted by Gasteiger charge is -2.09. The van der Waals surface area contributed by atoms with E-state index in [-0.39, 0.29) is 5.75 Å². The van der Waals surface area contributed by atoms with Crippen LogP contribution in [0.15, 0.2) is 30.0 Å². The molecule has 1 aromatic carbocycles. The van der Waals surface area contributed by atoms with E-state index in [1.54, 1.807) is 6.07 Å². The number of aliphatic hydroxyl groups is 1. The van der Waals surface area contributed by atoms with Gasteiger partial charge < -0.3 is 14.6 Å². The molecule has 1 atom stereocenters. The molecule has 1 heterocycles. The van der Waals surface area contributed by atoms with Gasteiger partial charge in [0.2, 0.25) is 5.76 Å². The van der Waals surface area contributed by atoms with Crippen molar-refractivity contribution in [3.05, 3.63) is 41.4 Å². The number of aliphatic hydroxyl groups excluding tert-OH is 1. The summed E-state index contributed by atoms with van der Waals surface area (Å²) in [6, 6.07) is 4.20. The number of benzene rings is 1. The molecule has 16 heavy (non-hydrogen) atoms. The Morgan fingerprint density at radius 3 is 2.75 bits per heavy atom. The van der Waals surface area contributed by atoms with E-state index in [1.165, 1.54) is 25.3 Å². The zero-order chi connectivity index (χ0) is 11.7. The molecule has 2 rings (SSSR count). The summed E-state index contributed by atoms with van der Waals surface area (Å²) in [4.78, 5) is 10.9. The van der Waals surface area contributed by atoms with E-state index in [0.717, 1.165) is 0 Å². The summed E-state index contributed by atoms with van der Waals surface area (Å²) in [7, 11) is 1.36. The average molecular weight is 224 g/mol. The Kier molecular flexibility index (Phi) is 2.52. The van der Waals surface area contributed by atoms with Gasteiger partial charge in [0.05, 0.1) is 7.11 Å². The maximum atomic E-state index is 13.3. The highest BCUT2D eigenvalue weighted by molar-refractivity contribution is 5.88. The van der Waals surface area contributed by atoms with E-state index in [1.807, 2.05) is 0 Å². The van der Waals surface area contributed by atoms with E-state index in [2.05, 4.69) is 0 Å². The lowest BCUT2D eigenvalue weighted by molar-refractivity contribution is -0.142. The van der Waals surface area contributed by atoms with Gasteiger partial charge in [0.15, 0.2) is 11.6 Å². The molecule has 1 aliphatic rings. The number of hydrogen-bond donors (Lipinski definition) is 1. The highest BCUT2D eigenvalue weighted by atomic mass is 19.1. The molecule has 0 aromatic heterocycles. The molecule has 0 saturated carbocycles. The molecule has 1 aliphatic heterocycles. The first-order chi connectivity index (χ1) is 7.61. The molecule has 0 radical (unpaired) electrons. The highest BCUT2D eigenvalue weighted by Gasteiger charge is 2.26.